The van der Waals surface area contributed by atoms with Gasteiger partial charge in [0.15, 0.2) is 0 Å². The summed E-state index contributed by atoms with van der Waals surface area (Å²) in [5.74, 6) is 0. The Morgan fingerprint density at radius 1 is 1.30 bits per heavy atom. The van der Waals surface area contributed by atoms with Crippen molar-refractivity contribution in [1.82, 2.24) is 4.72 Å². The Morgan fingerprint density at radius 2 is 1.90 bits per heavy atom. The van der Waals surface area contributed by atoms with Crippen molar-refractivity contribution in [1.29, 1.82) is 0 Å². The van der Waals surface area contributed by atoms with Crippen molar-refractivity contribution in [2.45, 2.75) is 37.6 Å². The van der Waals surface area contributed by atoms with Crippen molar-refractivity contribution in [3.8, 4) is 0 Å². The first-order valence-electron chi connectivity index (χ1n) is 6.90. The fraction of sp³-hybridized carbons (Fsp3) is 0.571. The molecule has 0 amide bonds. The van der Waals surface area contributed by atoms with E-state index in [1.807, 2.05) is 31.2 Å². The zero-order valence-electron chi connectivity index (χ0n) is 11.7. The van der Waals surface area contributed by atoms with Gasteiger partial charge < -0.3 is 10.5 Å². The second-order valence-electron chi connectivity index (χ2n) is 5.14. The van der Waals surface area contributed by atoms with Gasteiger partial charge in [-0.05, 0) is 30.9 Å². The molecule has 0 bridgehead atoms. The Hall–Kier alpha value is -0.950. The van der Waals surface area contributed by atoms with Gasteiger partial charge in [0.2, 0.25) is 10.0 Å². The molecule has 0 aromatic heterocycles. The first-order valence-corrected chi connectivity index (χ1v) is 8.45. The normalized spacial score (nSPS) is 18.9. The highest BCUT2D eigenvalue weighted by atomic mass is 32.2. The van der Waals surface area contributed by atoms with Gasteiger partial charge in [-0.1, -0.05) is 24.3 Å². The van der Waals surface area contributed by atoms with E-state index in [1.165, 1.54) is 0 Å². The summed E-state index contributed by atoms with van der Waals surface area (Å²) >= 11 is 0. The van der Waals surface area contributed by atoms with E-state index < -0.39 is 10.0 Å². The molecule has 1 unspecified atom stereocenters. The summed E-state index contributed by atoms with van der Waals surface area (Å²) in [6.07, 6.45) is 1.13. The fourth-order valence-corrected chi connectivity index (χ4v) is 3.97. The van der Waals surface area contributed by atoms with Gasteiger partial charge in [0.25, 0.3) is 0 Å². The highest BCUT2D eigenvalue weighted by Crippen LogP contribution is 2.19. The number of hydrogen-bond acceptors (Lipinski definition) is 4. The van der Waals surface area contributed by atoms with Gasteiger partial charge in [-0.15, -0.1) is 0 Å². The summed E-state index contributed by atoms with van der Waals surface area (Å²) in [5, 5.41) is -0.345. The molecular formula is C14H22N2O3S. The maximum Gasteiger partial charge on any atom is 0.215 e. The monoisotopic (exact) mass is 298 g/mol. The molecule has 20 heavy (non-hydrogen) atoms. The third-order valence-corrected chi connectivity index (χ3v) is 5.69. The van der Waals surface area contributed by atoms with E-state index in [0.29, 0.717) is 32.6 Å². The average Bonchev–Trinajstić information content (AvgIpc) is 2.48. The average molecular weight is 298 g/mol. The smallest absolute Gasteiger partial charge is 0.215 e. The van der Waals surface area contributed by atoms with Crippen LogP contribution in [0.3, 0.4) is 0 Å². The molecule has 1 heterocycles. The first-order chi connectivity index (χ1) is 9.53. The predicted molar refractivity (Wildman–Crippen MR) is 78.6 cm³/mol. The number of rotatable bonds is 5. The van der Waals surface area contributed by atoms with Crippen LogP contribution < -0.4 is 10.5 Å². The molecule has 0 saturated carbocycles. The number of benzene rings is 1. The van der Waals surface area contributed by atoms with Gasteiger partial charge in [0, 0.05) is 25.8 Å². The molecular weight excluding hydrogens is 276 g/mol. The molecule has 1 aromatic rings. The second kappa shape index (κ2) is 6.67. The van der Waals surface area contributed by atoms with Crippen LogP contribution in [-0.4, -0.2) is 26.9 Å². The van der Waals surface area contributed by atoms with Gasteiger partial charge >= 0.3 is 0 Å². The lowest BCUT2D eigenvalue weighted by atomic mass is 10.1. The molecule has 0 radical (unpaired) electrons. The number of nitrogens with one attached hydrogen (secondary N) is 1. The van der Waals surface area contributed by atoms with Crippen LogP contribution in [0.15, 0.2) is 24.3 Å². The molecule has 3 N–H and O–H groups in total. The Morgan fingerprint density at radius 3 is 2.45 bits per heavy atom. The van der Waals surface area contributed by atoms with Crippen LogP contribution in [0.1, 0.15) is 36.9 Å². The molecule has 6 heteroatoms. The van der Waals surface area contributed by atoms with Crippen molar-refractivity contribution in [2.75, 3.05) is 13.2 Å². The molecule has 1 aliphatic rings. The van der Waals surface area contributed by atoms with Crippen molar-refractivity contribution in [2.24, 2.45) is 5.73 Å². The molecule has 1 fully saturated rings. The van der Waals surface area contributed by atoms with Crippen LogP contribution in [0, 0.1) is 0 Å². The summed E-state index contributed by atoms with van der Waals surface area (Å²) in [6.45, 7) is 3.38. The van der Waals surface area contributed by atoms with Crippen molar-refractivity contribution in [3.63, 3.8) is 0 Å². The molecule has 1 aliphatic heterocycles. The zero-order valence-corrected chi connectivity index (χ0v) is 12.5. The largest absolute Gasteiger partial charge is 0.381 e. The van der Waals surface area contributed by atoms with E-state index in [4.69, 9.17) is 10.5 Å². The molecule has 1 saturated heterocycles. The topological polar surface area (TPSA) is 81.4 Å². The minimum absolute atomic E-state index is 0.241. The van der Waals surface area contributed by atoms with Crippen molar-refractivity contribution < 1.29 is 13.2 Å². The van der Waals surface area contributed by atoms with Gasteiger partial charge in [0.05, 0.1) is 5.25 Å². The zero-order chi connectivity index (χ0) is 14.6. The quantitative estimate of drug-likeness (QED) is 0.858. The van der Waals surface area contributed by atoms with Crippen LogP contribution in [0.2, 0.25) is 0 Å². The van der Waals surface area contributed by atoms with Gasteiger partial charge in [-0.3, -0.25) is 0 Å². The summed E-state index contributed by atoms with van der Waals surface area (Å²) in [4.78, 5) is 0. The standard InChI is InChI=1S/C14H22N2O3S/c1-11(13-4-2-12(10-15)3-5-13)16-20(17,18)14-6-8-19-9-7-14/h2-5,11,14,16H,6-10,15H2,1H3. The molecule has 112 valence electrons. The van der Waals surface area contributed by atoms with E-state index in [0.717, 1.165) is 11.1 Å². The lowest BCUT2D eigenvalue weighted by molar-refractivity contribution is 0.0981. The number of ether oxygens (including phenoxy) is 1. The third-order valence-electron chi connectivity index (χ3n) is 3.66. The minimum atomic E-state index is -3.30. The van der Waals surface area contributed by atoms with Crippen LogP contribution in [0.4, 0.5) is 0 Å². The maximum absolute atomic E-state index is 12.3. The van der Waals surface area contributed by atoms with Gasteiger partial charge in [0.1, 0.15) is 0 Å². The highest BCUT2D eigenvalue weighted by Gasteiger charge is 2.29. The first kappa shape index (κ1) is 15.4. The Balaban J connectivity index is 2.03. The maximum atomic E-state index is 12.3. The molecule has 5 nitrogen and oxygen atoms in total. The lowest BCUT2D eigenvalue weighted by Crippen LogP contribution is -2.39. The van der Waals surface area contributed by atoms with Crippen LogP contribution in [0.5, 0.6) is 0 Å². The van der Waals surface area contributed by atoms with Crippen LogP contribution in [-0.2, 0) is 21.3 Å². The van der Waals surface area contributed by atoms with Crippen molar-refractivity contribution >= 4 is 10.0 Å². The van der Waals surface area contributed by atoms with Crippen molar-refractivity contribution in [3.05, 3.63) is 35.4 Å². The summed E-state index contributed by atoms with van der Waals surface area (Å²) in [7, 11) is -3.30. The summed E-state index contributed by atoms with van der Waals surface area (Å²) in [5.41, 5.74) is 7.53. The van der Waals surface area contributed by atoms with Gasteiger partial charge in [-0.2, -0.15) is 0 Å². The van der Waals surface area contributed by atoms with E-state index in [2.05, 4.69) is 4.72 Å². The highest BCUT2D eigenvalue weighted by molar-refractivity contribution is 7.90. The number of hydrogen-bond donors (Lipinski definition) is 2. The Bertz CT molecular complexity index is 522. The molecule has 0 spiro atoms. The van der Waals surface area contributed by atoms with E-state index in [9.17, 15) is 8.42 Å². The van der Waals surface area contributed by atoms with E-state index >= 15 is 0 Å². The minimum Gasteiger partial charge on any atom is -0.381 e. The van der Waals surface area contributed by atoms with E-state index in [-0.39, 0.29) is 11.3 Å². The SMILES string of the molecule is CC(NS(=O)(=O)C1CCOCC1)c1ccc(CN)cc1. The third kappa shape index (κ3) is 3.79. The summed E-state index contributed by atoms with van der Waals surface area (Å²) in [6, 6.07) is 7.44. The van der Waals surface area contributed by atoms with Crippen LogP contribution >= 0.6 is 0 Å². The molecule has 2 rings (SSSR count). The molecule has 1 aromatic carbocycles. The fourth-order valence-electron chi connectivity index (χ4n) is 2.34. The lowest BCUT2D eigenvalue weighted by Gasteiger charge is -2.24. The number of sulfonamides is 1. The summed E-state index contributed by atoms with van der Waals surface area (Å²) < 4.78 is 32.6. The molecule has 1 atom stereocenters. The Kier molecular flexibility index (Phi) is 5.15. The second-order valence-corrected chi connectivity index (χ2v) is 7.13. The van der Waals surface area contributed by atoms with E-state index in [1.54, 1.807) is 0 Å². The Labute approximate surface area is 120 Å². The number of nitrogens with two attached hydrogens (primary N) is 1. The predicted octanol–water partition coefficient (Wildman–Crippen LogP) is 1.30. The van der Waals surface area contributed by atoms with Crippen LogP contribution in [0.25, 0.3) is 0 Å². The molecule has 0 aliphatic carbocycles. The van der Waals surface area contributed by atoms with Gasteiger partial charge in [-0.25, -0.2) is 13.1 Å².